The van der Waals surface area contributed by atoms with Crippen molar-refractivity contribution in [3.05, 3.63) is 43.0 Å². The van der Waals surface area contributed by atoms with Crippen molar-refractivity contribution in [1.82, 2.24) is 0 Å². The number of carbonyl (C=O) groups excluding carboxylic acids is 1. The van der Waals surface area contributed by atoms with Crippen molar-refractivity contribution >= 4 is 24.1 Å². The first-order chi connectivity index (χ1) is 11.9. The Balaban J connectivity index is 3.22. The van der Waals surface area contributed by atoms with E-state index in [-0.39, 0.29) is 16.5 Å². The first-order valence-electron chi connectivity index (χ1n) is 8.51. The lowest BCUT2D eigenvalue weighted by molar-refractivity contribution is -0.141. The highest BCUT2D eigenvalue weighted by Crippen LogP contribution is 2.37. The Hall–Kier alpha value is -1.44. The van der Waals surface area contributed by atoms with Gasteiger partial charge in [0.1, 0.15) is 0 Å². The molecular formula is C19H30O5SSi. The molecule has 0 radical (unpaired) electrons. The molecule has 5 nitrogen and oxygen atoms in total. The van der Waals surface area contributed by atoms with Gasteiger partial charge in [-0.1, -0.05) is 45.0 Å². The Kier molecular flexibility index (Phi) is 7.39. The highest BCUT2D eigenvalue weighted by molar-refractivity contribution is 7.92. The summed E-state index contributed by atoms with van der Waals surface area (Å²) in [6.45, 7) is 14.3. The molecule has 0 saturated heterocycles. The molecule has 0 heterocycles. The molecule has 0 bridgehead atoms. The summed E-state index contributed by atoms with van der Waals surface area (Å²) >= 11 is 0. The average Bonchev–Trinajstić information content (AvgIpc) is 2.57. The van der Waals surface area contributed by atoms with E-state index in [0.717, 1.165) is 0 Å². The van der Waals surface area contributed by atoms with Gasteiger partial charge in [0.05, 0.1) is 12.0 Å². The van der Waals surface area contributed by atoms with E-state index in [1.54, 1.807) is 18.2 Å². The van der Waals surface area contributed by atoms with E-state index in [4.69, 9.17) is 9.16 Å². The van der Waals surface area contributed by atoms with Crippen LogP contribution in [0.5, 0.6) is 0 Å². The number of methoxy groups -OCH3 is 1. The molecule has 0 aliphatic heterocycles. The second-order valence-corrected chi connectivity index (χ2v) is 14.7. The fourth-order valence-electron chi connectivity index (χ4n) is 2.20. The molecule has 0 N–H and O–H groups in total. The maximum Gasteiger partial charge on any atom is 0.325 e. The monoisotopic (exact) mass is 398 g/mol. The molecule has 146 valence electrons. The molecule has 2 atom stereocenters. The van der Waals surface area contributed by atoms with Crippen LogP contribution >= 0.6 is 0 Å². The van der Waals surface area contributed by atoms with Crippen LogP contribution in [0.1, 0.15) is 20.8 Å². The lowest BCUT2D eigenvalue weighted by atomic mass is 10.1. The lowest BCUT2D eigenvalue weighted by Gasteiger charge is -2.37. The van der Waals surface area contributed by atoms with Gasteiger partial charge in [-0.15, -0.1) is 6.58 Å². The second-order valence-electron chi connectivity index (χ2n) is 7.77. The van der Waals surface area contributed by atoms with Crippen molar-refractivity contribution in [2.45, 2.75) is 49.0 Å². The summed E-state index contributed by atoms with van der Waals surface area (Å²) in [4.78, 5) is 12.4. The lowest BCUT2D eigenvalue weighted by Crippen LogP contribution is -2.45. The maximum absolute atomic E-state index is 13.1. The van der Waals surface area contributed by atoms with Crippen LogP contribution in [0.25, 0.3) is 0 Å². The molecule has 1 aromatic carbocycles. The van der Waals surface area contributed by atoms with Crippen molar-refractivity contribution in [2.24, 2.45) is 5.92 Å². The van der Waals surface area contributed by atoms with Crippen LogP contribution in [0.3, 0.4) is 0 Å². The predicted octanol–water partition coefficient (Wildman–Crippen LogP) is 3.83. The van der Waals surface area contributed by atoms with E-state index < -0.39 is 35.3 Å². The van der Waals surface area contributed by atoms with Gasteiger partial charge in [0, 0.05) is 12.5 Å². The van der Waals surface area contributed by atoms with E-state index >= 15 is 0 Å². The van der Waals surface area contributed by atoms with E-state index in [2.05, 4.69) is 40.4 Å². The van der Waals surface area contributed by atoms with Crippen LogP contribution in [-0.4, -0.2) is 41.7 Å². The normalized spacial score (nSPS) is 15.2. The SMILES string of the molecule is C=C[C@@H](CO[Si](C)(C)C(C)(C)C)C(C(=O)OC)S(=O)(=O)c1ccccc1. The molecule has 0 spiro atoms. The fraction of sp³-hybridized carbons (Fsp3) is 0.526. The number of rotatable bonds is 8. The zero-order chi connectivity index (χ0) is 20.2. The van der Waals surface area contributed by atoms with Crippen LogP contribution in [0, 0.1) is 5.92 Å². The third-order valence-electron chi connectivity index (χ3n) is 4.97. The summed E-state index contributed by atoms with van der Waals surface area (Å²) < 4.78 is 37.1. The summed E-state index contributed by atoms with van der Waals surface area (Å²) in [7, 11) is -4.86. The first kappa shape index (κ1) is 22.6. The summed E-state index contributed by atoms with van der Waals surface area (Å²) in [5, 5.41) is -1.42. The number of ether oxygens (including phenoxy) is 1. The number of hydrogen-bond acceptors (Lipinski definition) is 5. The number of sulfone groups is 1. The minimum absolute atomic E-state index is 0.0300. The van der Waals surface area contributed by atoms with Gasteiger partial charge in [0.2, 0.25) is 0 Å². The maximum atomic E-state index is 13.1. The van der Waals surface area contributed by atoms with E-state index in [0.29, 0.717) is 0 Å². The van der Waals surface area contributed by atoms with Gasteiger partial charge >= 0.3 is 5.97 Å². The standard InChI is InChI=1S/C19H30O5SSi/c1-8-15(14-24-26(6,7)19(2,3)4)17(18(20)23-5)25(21,22)16-12-10-9-11-13-16/h8-13,15,17H,1,14H2,2-7H3/t15-,17?/m0/s1. The largest absolute Gasteiger partial charge is 0.468 e. The molecule has 1 rings (SSSR count). The Morgan fingerprint density at radius 1 is 1.23 bits per heavy atom. The molecule has 0 amide bonds. The Morgan fingerprint density at radius 3 is 2.19 bits per heavy atom. The van der Waals surface area contributed by atoms with Crippen molar-refractivity contribution in [2.75, 3.05) is 13.7 Å². The summed E-state index contributed by atoms with van der Waals surface area (Å²) in [5.74, 6) is -1.51. The number of benzene rings is 1. The smallest absolute Gasteiger partial charge is 0.325 e. The zero-order valence-corrected chi connectivity index (χ0v) is 18.3. The van der Waals surface area contributed by atoms with Gasteiger partial charge in [0.15, 0.2) is 23.4 Å². The van der Waals surface area contributed by atoms with Crippen LogP contribution in [-0.2, 0) is 23.8 Å². The molecular weight excluding hydrogens is 368 g/mol. The molecule has 0 aliphatic carbocycles. The van der Waals surface area contributed by atoms with Gasteiger partial charge in [-0.05, 0) is 30.3 Å². The molecule has 26 heavy (non-hydrogen) atoms. The number of esters is 1. The summed E-state index contributed by atoms with van der Waals surface area (Å²) in [6, 6.07) is 7.91. The van der Waals surface area contributed by atoms with E-state index in [1.165, 1.54) is 25.3 Å². The Bertz CT molecular complexity index is 720. The molecule has 0 aromatic heterocycles. The second kappa shape index (κ2) is 8.50. The minimum atomic E-state index is -3.94. The van der Waals surface area contributed by atoms with Gasteiger partial charge < -0.3 is 9.16 Å². The number of carbonyl (C=O) groups is 1. The molecule has 0 saturated carbocycles. The van der Waals surface area contributed by atoms with Crippen molar-refractivity contribution in [1.29, 1.82) is 0 Å². The molecule has 7 heteroatoms. The highest BCUT2D eigenvalue weighted by atomic mass is 32.2. The third kappa shape index (κ3) is 5.05. The quantitative estimate of drug-likeness (QED) is 0.378. The molecule has 1 unspecified atom stereocenters. The van der Waals surface area contributed by atoms with Crippen molar-refractivity contribution < 1.29 is 22.4 Å². The minimum Gasteiger partial charge on any atom is -0.468 e. The average molecular weight is 399 g/mol. The van der Waals surface area contributed by atoms with Gasteiger partial charge in [-0.3, -0.25) is 4.79 Å². The Labute approximate surface area is 158 Å². The fourth-order valence-corrected chi connectivity index (χ4v) is 5.08. The van der Waals surface area contributed by atoms with Gasteiger partial charge in [0.25, 0.3) is 0 Å². The van der Waals surface area contributed by atoms with E-state index in [9.17, 15) is 13.2 Å². The molecule has 0 fully saturated rings. The highest BCUT2D eigenvalue weighted by Gasteiger charge is 2.43. The predicted molar refractivity (Wildman–Crippen MR) is 106 cm³/mol. The zero-order valence-electron chi connectivity index (χ0n) is 16.5. The summed E-state index contributed by atoms with van der Waals surface area (Å²) in [5.41, 5.74) is 0. The molecule has 1 aromatic rings. The van der Waals surface area contributed by atoms with Crippen molar-refractivity contribution in [3.63, 3.8) is 0 Å². The third-order valence-corrected chi connectivity index (χ3v) is 11.6. The topological polar surface area (TPSA) is 69.7 Å². The van der Waals surface area contributed by atoms with Crippen LogP contribution in [0.2, 0.25) is 18.1 Å². The van der Waals surface area contributed by atoms with Crippen LogP contribution in [0.4, 0.5) is 0 Å². The number of hydrogen-bond donors (Lipinski definition) is 0. The molecule has 0 aliphatic rings. The first-order valence-corrected chi connectivity index (χ1v) is 13.0. The summed E-state index contributed by atoms with van der Waals surface area (Å²) in [6.07, 6.45) is 1.47. The van der Waals surface area contributed by atoms with Gasteiger partial charge in [-0.25, -0.2) is 8.42 Å². The van der Waals surface area contributed by atoms with E-state index in [1.807, 2.05) is 0 Å². The van der Waals surface area contributed by atoms with Gasteiger partial charge in [-0.2, -0.15) is 0 Å². The van der Waals surface area contributed by atoms with Crippen LogP contribution < -0.4 is 0 Å². The van der Waals surface area contributed by atoms with Crippen molar-refractivity contribution in [3.8, 4) is 0 Å². The Morgan fingerprint density at radius 2 is 1.77 bits per heavy atom. The van der Waals surface area contributed by atoms with Crippen LogP contribution in [0.15, 0.2) is 47.9 Å².